The molecule has 0 saturated carbocycles. The summed E-state index contributed by atoms with van der Waals surface area (Å²) < 4.78 is 22.9. The van der Waals surface area contributed by atoms with E-state index in [2.05, 4.69) is 20.6 Å². The molecular formula is C29H34FN7O2. The van der Waals surface area contributed by atoms with Crippen molar-refractivity contribution in [3.63, 3.8) is 0 Å². The van der Waals surface area contributed by atoms with Crippen LogP contribution in [0, 0.1) is 12.7 Å². The molecule has 1 saturated heterocycles. The fraction of sp³-hybridized carbons (Fsp3) is 0.345. The molecule has 2 amide bonds. The molecule has 0 aliphatic carbocycles. The van der Waals surface area contributed by atoms with Crippen LogP contribution in [0.2, 0.25) is 0 Å². The Kier molecular flexibility index (Phi) is 8.04. The van der Waals surface area contributed by atoms with E-state index in [0.717, 1.165) is 41.2 Å². The van der Waals surface area contributed by atoms with Gasteiger partial charge in [0.1, 0.15) is 17.3 Å². The maximum absolute atomic E-state index is 14.1. The summed E-state index contributed by atoms with van der Waals surface area (Å²) in [5, 5.41) is 15.5. The number of hydrogen-bond donors (Lipinski definition) is 2. The second kappa shape index (κ2) is 11.8. The van der Waals surface area contributed by atoms with Crippen molar-refractivity contribution in [2.45, 2.75) is 32.4 Å². The average molecular weight is 532 g/mol. The van der Waals surface area contributed by atoms with Crippen molar-refractivity contribution in [3.8, 4) is 16.9 Å². The van der Waals surface area contributed by atoms with E-state index in [9.17, 15) is 9.18 Å². The number of halogens is 1. The topological polar surface area (TPSA) is 89.2 Å². The van der Waals surface area contributed by atoms with Crippen LogP contribution in [0.5, 0.6) is 0 Å². The van der Waals surface area contributed by atoms with Crippen molar-refractivity contribution < 1.29 is 13.9 Å². The fourth-order valence-electron chi connectivity index (χ4n) is 5.15. The monoisotopic (exact) mass is 531 g/mol. The predicted molar refractivity (Wildman–Crippen MR) is 149 cm³/mol. The van der Waals surface area contributed by atoms with Gasteiger partial charge in [-0.05, 0) is 43.7 Å². The lowest BCUT2D eigenvalue weighted by molar-refractivity contribution is 0.159. The van der Waals surface area contributed by atoms with E-state index in [0.29, 0.717) is 25.5 Å². The van der Waals surface area contributed by atoms with E-state index < -0.39 is 0 Å². The number of ether oxygens (including phenoxy) is 1. The molecule has 9 nitrogen and oxygen atoms in total. The summed E-state index contributed by atoms with van der Waals surface area (Å²) in [6, 6.07) is 15.8. The summed E-state index contributed by atoms with van der Waals surface area (Å²) >= 11 is 0. The summed E-state index contributed by atoms with van der Waals surface area (Å²) in [5.41, 5.74) is 4.15. The molecule has 204 valence electrons. The van der Waals surface area contributed by atoms with E-state index in [1.807, 2.05) is 61.1 Å². The molecule has 0 radical (unpaired) electrons. The van der Waals surface area contributed by atoms with Crippen molar-refractivity contribution in [2.24, 2.45) is 0 Å². The number of aryl methyl sites for hydroxylation is 1. The molecule has 0 spiro atoms. The molecule has 39 heavy (non-hydrogen) atoms. The standard InChI is InChI=1S/C29H34FN7O2/c1-4-36-17-22(16-31-36)27-20(2)28(37(34-27)24-11-6-5-7-12-24)33-29(38)32-26-19-35(13-14-39-3)18-25(26)21-9-8-10-23(30)15-21/h5-12,15-17,25-26H,4,13-14,18-19H2,1-3H3,(H2,32,33,38). The van der Waals surface area contributed by atoms with Gasteiger partial charge < -0.3 is 10.1 Å². The zero-order chi connectivity index (χ0) is 27.4. The van der Waals surface area contributed by atoms with Crippen LogP contribution in [-0.2, 0) is 11.3 Å². The quantitative estimate of drug-likeness (QED) is 0.333. The maximum atomic E-state index is 14.1. The molecule has 2 N–H and O–H groups in total. The molecule has 4 aromatic rings. The summed E-state index contributed by atoms with van der Waals surface area (Å²) in [5.74, 6) is 0.237. The second-order valence-corrected chi connectivity index (χ2v) is 9.77. The Morgan fingerprint density at radius 3 is 2.69 bits per heavy atom. The molecule has 2 aromatic heterocycles. The van der Waals surface area contributed by atoms with Crippen LogP contribution in [-0.4, -0.2) is 69.9 Å². The number of para-hydroxylation sites is 1. The van der Waals surface area contributed by atoms with Gasteiger partial charge in [0.05, 0.1) is 24.5 Å². The first-order valence-electron chi connectivity index (χ1n) is 13.2. The lowest BCUT2D eigenvalue weighted by Crippen LogP contribution is -2.42. The predicted octanol–water partition coefficient (Wildman–Crippen LogP) is 4.44. The third kappa shape index (κ3) is 5.86. The lowest BCUT2D eigenvalue weighted by Gasteiger charge is -2.21. The Hall–Kier alpha value is -4.02. The number of methoxy groups -OCH3 is 1. The van der Waals surface area contributed by atoms with E-state index in [1.165, 1.54) is 6.07 Å². The zero-order valence-electron chi connectivity index (χ0n) is 22.5. The van der Waals surface area contributed by atoms with Crippen molar-refractivity contribution in [3.05, 3.63) is 83.9 Å². The van der Waals surface area contributed by atoms with E-state index in [4.69, 9.17) is 9.84 Å². The fourth-order valence-corrected chi connectivity index (χ4v) is 5.15. The van der Waals surface area contributed by atoms with Crippen LogP contribution < -0.4 is 10.6 Å². The van der Waals surface area contributed by atoms with Gasteiger partial charge in [0.25, 0.3) is 0 Å². The maximum Gasteiger partial charge on any atom is 0.320 e. The number of carbonyl (C=O) groups excluding carboxylic acids is 1. The third-order valence-electron chi connectivity index (χ3n) is 7.19. The first-order valence-corrected chi connectivity index (χ1v) is 13.2. The van der Waals surface area contributed by atoms with Gasteiger partial charge in [0.2, 0.25) is 0 Å². The van der Waals surface area contributed by atoms with E-state index in [1.54, 1.807) is 30.1 Å². The molecular weight excluding hydrogens is 497 g/mol. The molecule has 3 heterocycles. The molecule has 2 atom stereocenters. The molecule has 10 heteroatoms. The number of carbonyl (C=O) groups is 1. The van der Waals surface area contributed by atoms with Gasteiger partial charge in [-0.3, -0.25) is 14.9 Å². The smallest absolute Gasteiger partial charge is 0.320 e. The first kappa shape index (κ1) is 26.6. The Balaban J connectivity index is 1.42. The summed E-state index contributed by atoms with van der Waals surface area (Å²) in [4.78, 5) is 15.7. The molecule has 0 bridgehead atoms. The summed E-state index contributed by atoms with van der Waals surface area (Å²) in [6.45, 7) is 7.37. The van der Waals surface area contributed by atoms with Crippen LogP contribution in [0.25, 0.3) is 16.9 Å². The summed E-state index contributed by atoms with van der Waals surface area (Å²) in [6.07, 6.45) is 3.74. The number of rotatable bonds is 9. The Bertz CT molecular complexity index is 1420. The van der Waals surface area contributed by atoms with Crippen LogP contribution in [0.1, 0.15) is 24.0 Å². The highest BCUT2D eigenvalue weighted by molar-refractivity contribution is 5.91. The lowest BCUT2D eigenvalue weighted by atomic mass is 9.94. The number of amides is 2. The highest BCUT2D eigenvalue weighted by atomic mass is 19.1. The van der Waals surface area contributed by atoms with Gasteiger partial charge >= 0.3 is 6.03 Å². The number of nitrogens with zero attached hydrogens (tertiary/aromatic N) is 5. The summed E-state index contributed by atoms with van der Waals surface area (Å²) in [7, 11) is 1.67. The number of likely N-dealkylation sites (tertiary alicyclic amines) is 1. The molecule has 1 aliphatic heterocycles. The minimum atomic E-state index is -0.342. The molecule has 1 aliphatic rings. The zero-order valence-corrected chi connectivity index (χ0v) is 22.5. The van der Waals surface area contributed by atoms with Crippen LogP contribution in [0.15, 0.2) is 67.0 Å². The van der Waals surface area contributed by atoms with Crippen molar-refractivity contribution in [2.75, 3.05) is 38.7 Å². The Morgan fingerprint density at radius 2 is 1.97 bits per heavy atom. The molecule has 5 rings (SSSR count). The van der Waals surface area contributed by atoms with E-state index in [-0.39, 0.29) is 23.8 Å². The molecule has 2 unspecified atom stereocenters. The van der Waals surface area contributed by atoms with Gasteiger partial charge in [-0.15, -0.1) is 0 Å². The largest absolute Gasteiger partial charge is 0.383 e. The van der Waals surface area contributed by atoms with E-state index >= 15 is 0 Å². The third-order valence-corrected chi connectivity index (χ3v) is 7.19. The number of nitrogens with one attached hydrogen (secondary N) is 2. The normalized spacial score (nSPS) is 17.4. The van der Waals surface area contributed by atoms with Crippen LogP contribution >= 0.6 is 0 Å². The number of urea groups is 1. The first-order chi connectivity index (χ1) is 19.0. The van der Waals surface area contributed by atoms with Crippen LogP contribution in [0.3, 0.4) is 0 Å². The minimum absolute atomic E-state index is 0.0566. The second-order valence-electron chi connectivity index (χ2n) is 9.77. The Labute approximate surface area is 227 Å². The van der Waals surface area contributed by atoms with Gasteiger partial charge in [0.15, 0.2) is 0 Å². The van der Waals surface area contributed by atoms with Crippen molar-refractivity contribution in [1.29, 1.82) is 0 Å². The number of aromatic nitrogens is 4. The van der Waals surface area contributed by atoms with Gasteiger partial charge in [-0.2, -0.15) is 10.2 Å². The van der Waals surface area contributed by atoms with Gasteiger partial charge in [-0.1, -0.05) is 30.3 Å². The van der Waals surface area contributed by atoms with Crippen molar-refractivity contribution in [1.82, 2.24) is 29.8 Å². The minimum Gasteiger partial charge on any atom is -0.383 e. The Morgan fingerprint density at radius 1 is 1.15 bits per heavy atom. The number of hydrogen-bond acceptors (Lipinski definition) is 5. The molecule has 1 fully saturated rings. The highest BCUT2D eigenvalue weighted by Crippen LogP contribution is 2.31. The number of anilines is 1. The highest BCUT2D eigenvalue weighted by Gasteiger charge is 2.35. The molecule has 2 aromatic carbocycles. The van der Waals surface area contributed by atoms with Crippen LogP contribution in [0.4, 0.5) is 15.0 Å². The SMILES string of the molecule is CCn1cc(-c2nn(-c3ccccc3)c(NC(=O)NC3CN(CCOC)CC3c3cccc(F)c3)c2C)cn1. The average Bonchev–Trinajstić information content (AvgIpc) is 3.66. The number of benzene rings is 2. The van der Waals surface area contributed by atoms with Gasteiger partial charge in [0, 0.05) is 56.5 Å². The van der Waals surface area contributed by atoms with Crippen molar-refractivity contribution >= 4 is 11.8 Å². The van der Waals surface area contributed by atoms with Gasteiger partial charge in [-0.25, -0.2) is 13.9 Å².